The second-order valence-corrected chi connectivity index (χ2v) is 4.19. The molecule has 1 aromatic carbocycles. The Kier molecular flexibility index (Phi) is 6.39. The number of carbonyl (C=O) groups excluding carboxylic acids is 1. The highest BCUT2D eigenvalue weighted by molar-refractivity contribution is 5.78. The predicted octanol–water partition coefficient (Wildman–Crippen LogP) is 1.18. The largest absolute Gasteiger partial charge is 0.387 e. The van der Waals surface area contributed by atoms with Gasteiger partial charge >= 0.3 is 0 Å². The van der Waals surface area contributed by atoms with Crippen molar-refractivity contribution in [1.82, 2.24) is 10.2 Å². The van der Waals surface area contributed by atoms with Crippen LogP contribution in [0.2, 0.25) is 0 Å². The van der Waals surface area contributed by atoms with E-state index >= 15 is 0 Å². The summed E-state index contributed by atoms with van der Waals surface area (Å²) < 4.78 is 0. The van der Waals surface area contributed by atoms with Crippen LogP contribution in [0, 0.1) is 0 Å². The third-order valence-corrected chi connectivity index (χ3v) is 2.94. The van der Waals surface area contributed by atoms with Crippen LogP contribution < -0.4 is 5.32 Å². The Morgan fingerprint density at radius 2 is 1.89 bits per heavy atom. The summed E-state index contributed by atoms with van der Waals surface area (Å²) in [7, 11) is 0. The summed E-state index contributed by atoms with van der Waals surface area (Å²) in [6, 6.07) is 9.34. The van der Waals surface area contributed by atoms with Gasteiger partial charge in [0.1, 0.15) is 0 Å². The third-order valence-electron chi connectivity index (χ3n) is 2.94. The second-order valence-electron chi connectivity index (χ2n) is 4.19. The molecular weight excluding hydrogens is 228 g/mol. The highest BCUT2D eigenvalue weighted by Crippen LogP contribution is 2.10. The third kappa shape index (κ3) is 4.85. The number of carbonyl (C=O) groups is 1. The van der Waals surface area contributed by atoms with Gasteiger partial charge in [-0.1, -0.05) is 44.2 Å². The van der Waals surface area contributed by atoms with Crippen molar-refractivity contribution in [2.75, 3.05) is 26.2 Å². The number of hydrogen-bond donors (Lipinski definition) is 2. The van der Waals surface area contributed by atoms with E-state index in [1.165, 1.54) is 0 Å². The number of nitrogens with zero attached hydrogens (tertiary/aromatic N) is 1. The molecule has 18 heavy (non-hydrogen) atoms. The summed E-state index contributed by atoms with van der Waals surface area (Å²) in [6.07, 6.45) is -0.646. The normalized spacial score (nSPS) is 12.4. The minimum absolute atomic E-state index is 0.0475. The van der Waals surface area contributed by atoms with Crippen LogP contribution in [0.3, 0.4) is 0 Å². The smallest absolute Gasteiger partial charge is 0.234 e. The molecule has 0 bridgehead atoms. The first-order valence-electron chi connectivity index (χ1n) is 6.39. The monoisotopic (exact) mass is 250 g/mol. The van der Waals surface area contributed by atoms with Gasteiger partial charge < -0.3 is 10.4 Å². The number of hydrogen-bond acceptors (Lipinski definition) is 3. The maximum atomic E-state index is 11.6. The van der Waals surface area contributed by atoms with Crippen molar-refractivity contribution in [2.45, 2.75) is 20.0 Å². The molecule has 0 aromatic heterocycles. The van der Waals surface area contributed by atoms with E-state index in [0.717, 1.165) is 18.7 Å². The summed E-state index contributed by atoms with van der Waals surface area (Å²) >= 11 is 0. The lowest BCUT2D eigenvalue weighted by atomic mass is 10.1. The van der Waals surface area contributed by atoms with Crippen molar-refractivity contribution in [3.63, 3.8) is 0 Å². The standard InChI is InChI=1S/C14H22N2O2/c1-3-16(4-2)11-14(18)15-10-13(17)12-8-6-5-7-9-12/h5-9,13,17H,3-4,10-11H2,1-2H3,(H,15,18). The Hall–Kier alpha value is -1.39. The van der Waals surface area contributed by atoms with Gasteiger partial charge in [0, 0.05) is 6.54 Å². The summed E-state index contributed by atoms with van der Waals surface area (Å²) in [5, 5.41) is 12.6. The molecule has 2 N–H and O–H groups in total. The average Bonchev–Trinajstić information content (AvgIpc) is 2.43. The van der Waals surface area contributed by atoms with Gasteiger partial charge in [0.05, 0.1) is 12.6 Å². The van der Waals surface area contributed by atoms with Crippen LogP contribution in [0.25, 0.3) is 0 Å². The zero-order valence-electron chi connectivity index (χ0n) is 11.1. The Balaban J connectivity index is 2.34. The van der Waals surface area contributed by atoms with E-state index in [0.29, 0.717) is 6.54 Å². The molecular formula is C14H22N2O2. The number of likely N-dealkylation sites (N-methyl/N-ethyl adjacent to an activating group) is 1. The van der Waals surface area contributed by atoms with Gasteiger partial charge in [0.25, 0.3) is 0 Å². The molecule has 0 spiro atoms. The molecule has 0 saturated carbocycles. The number of aliphatic hydroxyl groups is 1. The molecule has 1 amide bonds. The molecule has 0 saturated heterocycles. The number of benzene rings is 1. The van der Waals surface area contributed by atoms with Gasteiger partial charge in [-0.15, -0.1) is 0 Å². The predicted molar refractivity (Wildman–Crippen MR) is 72.2 cm³/mol. The molecule has 0 aliphatic carbocycles. The molecule has 4 nitrogen and oxygen atoms in total. The molecule has 0 fully saturated rings. The van der Waals surface area contributed by atoms with Crippen LogP contribution in [0.1, 0.15) is 25.5 Å². The van der Waals surface area contributed by atoms with Gasteiger partial charge in [-0.2, -0.15) is 0 Å². The zero-order valence-corrected chi connectivity index (χ0v) is 11.1. The van der Waals surface area contributed by atoms with Gasteiger partial charge in [0.15, 0.2) is 0 Å². The van der Waals surface area contributed by atoms with E-state index in [4.69, 9.17) is 0 Å². The highest BCUT2D eigenvalue weighted by Gasteiger charge is 2.10. The Labute approximate surface area is 109 Å². The quantitative estimate of drug-likeness (QED) is 0.764. The van der Waals surface area contributed by atoms with Crippen LogP contribution in [0.15, 0.2) is 30.3 Å². The topological polar surface area (TPSA) is 52.6 Å². The van der Waals surface area contributed by atoms with E-state index < -0.39 is 6.10 Å². The first-order chi connectivity index (χ1) is 8.67. The van der Waals surface area contributed by atoms with Gasteiger partial charge in [0.2, 0.25) is 5.91 Å². The van der Waals surface area contributed by atoms with Crippen molar-refractivity contribution in [3.05, 3.63) is 35.9 Å². The lowest BCUT2D eigenvalue weighted by Crippen LogP contribution is -2.38. The van der Waals surface area contributed by atoms with Crippen LogP contribution in [0.5, 0.6) is 0 Å². The van der Waals surface area contributed by atoms with Crippen LogP contribution in [-0.2, 0) is 4.79 Å². The zero-order chi connectivity index (χ0) is 13.4. The van der Waals surface area contributed by atoms with Crippen molar-refractivity contribution >= 4 is 5.91 Å². The molecule has 1 aromatic rings. The van der Waals surface area contributed by atoms with E-state index in [2.05, 4.69) is 5.32 Å². The summed E-state index contributed by atoms with van der Waals surface area (Å²) in [6.45, 7) is 6.39. The molecule has 100 valence electrons. The maximum absolute atomic E-state index is 11.6. The fourth-order valence-electron chi connectivity index (χ4n) is 1.71. The Morgan fingerprint density at radius 1 is 1.28 bits per heavy atom. The molecule has 0 aliphatic rings. The van der Waals surface area contributed by atoms with E-state index in [9.17, 15) is 9.90 Å². The maximum Gasteiger partial charge on any atom is 0.234 e. The number of nitrogens with one attached hydrogen (secondary N) is 1. The fraction of sp³-hybridized carbons (Fsp3) is 0.500. The van der Waals surface area contributed by atoms with Crippen LogP contribution >= 0.6 is 0 Å². The molecule has 1 atom stereocenters. The summed E-state index contributed by atoms with van der Waals surface area (Å²) in [4.78, 5) is 13.7. The first kappa shape index (κ1) is 14.7. The van der Waals surface area contributed by atoms with Crippen molar-refractivity contribution < 1.29 is 9.90 Å². The SMILES string of the molecule is CCN(CC)CC(=O)NCC(O)c1ccccc1. The van der Waals surface area contributed by atoms with Gasteiger partial charge in [-0.25, -0.2) is 0 Å². The average molecular weight is 250 g/mol. The lowest BCUT2D eigenvalue weighted by Gasteiger charge is -2.18. The van der Waals surface area contributed by atoms with Crippen molar-refractivity contribution in [3.8, 4) is 0 Å². The Morgan fingerprint density at radius 3 is 2.44 bits per heavy atom. The van der Waals surface area contributed by atoms with Crippen LogP contribution in [-0.4, -0.2) is 42.1 Å². The van der Waals surface area contributed by atoms with Gasteiger partial charge in [-0.05, 0) is 18.7 Å². The van der Waals surface area contributed by atoms with Crippen LogP contribution in [0.4, 0.5) is 0 Å². The molecule has 0 heterocycles. The minimum atomic E-state index is -0.646. The van der Waals surface area contributed by atoms with E-state index in [-0.39, 0.29) is 12.5 Å². The number of amides is 1. The minimum Gasteiger partial charge on any atom is -0.387 e. The number of rotatable bonds is 7. The summed E-state index contributed by atoms with van der Waals surface area (Å²) in [5.74, 6) is -0.0475. The summed E-state index contributed by atoms with van der Waals surface area (Å²) in [5.41, 5.74) is 0.820. The van der Waals surface area contributed by atoms with Crippen molar-refractivity contribution in [2.24, 2.45) is 0 Å². The lowest BCUT2D eigenvalue weighted by molar-refractivity contribution is -0.122. The molecule has 4 heteroatoms. The molecule has 0 radical (unpaired) electrons. The van der Waals surface area contributed by atoms with E-state index in [1.54, 1.807) is 0 Å². The van der Waals surface area contributed by atoms with E-state index in [1.807, 2.05) is 49.1 Å². The molecule has 0 aliphatic heterocycles. The number of aliphatic hydroxyl groups excluding tert-OH is 1. The van der Waals surface area contributed by atoms with Crippen molar-refractivity contribution in [1.29, 1.82) is 0 Å². The molecule has 1 rings (SSSR count). The second kappa shape index (κ2) is 7.84. The highest BCUT2D eigenvalue weighted by atomic mass is 16.3. The first-order valence-corrected chi connectivity index (χ1v) is 6.39. The fourth-order valence-corrected chi connectivity index (χ4v) is 1.71. The molecule has 1 unspecified atom stereocenters. The van der Waals surface area contributed by atoms with Gasteiger partial charge in [-0.3, -0.25) is 9.69 Å². The Bertz CT molecular complexity index is 350.